The fraction of sp³-hybridized carbons (Fsp3) is 0.435. The molecule has 0 atom stereocenters. The predicted octanol–water partition coefficient (Wildman–Crippen LogP) is 3.74. The van der Waals surface area contributed by atoms with Gasteiger partial charge in [-0.3, -0.25) is 4.99 Å². The van der Waals surface area contributed by atoms with E-state index in [1.54, 1.807) is 0 Å². The van der Waals surface area contributed by atoms with Gasteiger partial charge in [-0.2, -0.15) is 0 Å². The van der Waals surface area contributed by atoms with Crippen LogP contribution in [0.25, 0.3) is 0 Å². The largest absolute Gasteiger partial charge is 0.494 e. The van der Waals surface area contributed by atoms with Crippen molar-refractivity contribution < 1.29 is 17.9 Å². The van der Waals surface area contributed by atoms with Gasteiger partial charge in [-0.25, -0.2) is 8.42 Å². The molecule has 0 fully saturated rings. The molecule has 0 radical (unpaired) electrons. The first-order valence-corrected chi connectivity index (χ1v) is 12.6. The maximum Gasteiger partial charge on any atom is 0.195 e. The van der Waals surface area contributed by atoms with Crippen LogP contribution in [-0.4, -0.2) is 52.2 Å². The molecule has 0 aliphatic carbocycles. The van der Waals surface area contributed by atoms with Crippen molar-refractivity contribution in [3.05, 3.63) is 54.6 Å². The van der Waals surface area contributed by atoms with Crippen molar-refractivity contribution in [3.63, 3.8) is 0 Å². The van der Waals surface area contributed by atoms with Crippen LogP contribution in [-0.2, 0) is 9.84 Å². The molecule has 2 aromatic carbocycles. The van der Waals surface area contributed by atoms with Crippen molar-refractivity contribution in [2.45, 2.75) is 32.8 Å². The van der Waals surface area contributed by atoms with Crippen molar-refractivity contribution in [3.8, 4) is 11.5 Å². The average Bonchev–Trinajstić information content (AvgIpc) is 2.71. The first kappa shape index (κ1) is 24.5. The summed E-state index contributed by atoms with van der Waals surface area (Å²) < 4.78 is 34.0. The SMILES string of the molecule is CC(C)Oc1ccc(NC(=NCCCOc2ccccc2)NCCCS(C)(=O)=O)cc1. The van der Waals surface area contributed by atoms with E-state index in [4.69, 9.17) is 9.47 Å². The van der Waals surface area contributed by atoms with E-state index in [9.17, 15) is 8.42 Å². The van der Waals surface area contributed by atoms with Crippen LogP contribution >= 0.6 is 0 Å². The minimum atomic E-state index is -2.98. The molecule has 170 valence electrons. The van der Waals surface area contributed by atoms with E-state index in [0.29, 0.717) is 32.1 Å². The molecule has 0 aliphatic heterocycles. The Kier molecular flexibility index (Phi) is 10.2. The van der Waals surface area contributed by atoms with Crippen LogP contribution in [0, 0.1) is 0 Å². The molecule has 2 aromatic rings. The summed E-state index contributed by atoms with van der Waals surface area (Å²) in [4.78, 5) is 4.59. The van der Waals surface area contributed by atoms with E-state index in [2.05, 4.69) is 15.6 Å². The quantitative estimate of drug-likeness (QED) is 0.293. The van der Waals surface area contributed by atoms with Gasteiger partial charge >= 0.3 is 0 Å². The fourth-order valence-electron chi connectivity index (χ4n) is 2.67. The van der Waals surface area contributed by atoms with Crippen LogP contribution in [0.5, 0.6) is 11.5 Å². The normalized spacial score (nSPS) is 11.9. The van der Waals surface area contributed by atoms with Gasteiger partial charge < -0.3 is 20.1 Å². The van der Waals surface area contributed by atoms with Crippen LogP contribution in [0.3, 0.4) is 0 Å². The van der Waals surface area contributed by atoms with Crippen molar-refractivity contribution in [1.29, 1.82) is 0 Å². The molecule has 0 aliphatic rings. The zero-order chi connectivity index (χ0) is 22.5. The summed E-state index contributed by atoms with van der Waals surface area (Å²) >= 11 is 0. The van der Waals surface area contributed by atoms with Crippen molar-refractivity contribution >= 4 is 21.5 Å². The molecule has 0 saturated carbocycles. The number of anilines is 1. The number of hydrogen-bond donors (Lipinski definition) is 2. The summed E-state index contributed by atoms with van der Waals surface area (Å²) in [5.41, 5.74) is 0.867. The number of benzene rings is 2. The molecule has 2 rings (SSSR count). The molecular weight excluding hydrogens is 414 g/mol. The third-order valence-corrected chi connectivity index (χ3v) is 5.09. The van der Waals surface area contributed by atoms with Crippen molar-refractivity contribution in [2.75, 3.05) is 37.0 Å². The third-order valence-electron chi connectivity index (χ3n) is 4.06. The van der Waals surface area contributed by atoms with Gasteiger partial charge in [0.25, 0.3) is 0 Å². The molecule has 8 heteroatoms. The van der Waals surface area contributed by atoms with Gasteiger partial charge in [0.05, 0.1) is 18.5 Å². The van der Waals surface area contributed by atoms with Gasteiger partial charge in [0.1, 0.15) is 21.3 Å². The Bertz CT molecular complexity index is 898. The minimum absolute atomic E-state index is 0.116. The number of sulfone groups is 1. The van der Waals surface area contributed by atoms with E-state index >= 15 is 0 Å². The molecule has 0 spiro atoms. The van der Waals surface area contributed by atoms with Crippen LogP contribution in [0.15, 0.2) is 59.6 Å². The van der Waals surface area contributed by atoms with Crippen LogP contribution < -0.4 is 20.1 Å². The molecule has 0 saturated heterocycles. The first-order valence-electron chi connectivity index (χ1n) is 10.5. The summed E-state index contributed by atoms with van der Waals surface area (Å²) in [5, 5.41) is 6.46. The van der Waals surface area contributed by atoms with Gasteiger partial charge in [-0.1, -0.05) is 18.2 Å². The highest BCUT2D eigenvalue weighted by Crippen LogP contribution is 2.17. The van der Waals surface area contributed by atoms with Crippen LogP contribution in [0.2, 0.25) is 0 Å². The summed E-state index contributed by atoms with van der Waals surface area (Å²) in [5.74, 6) is 2.38. The maximum atomic E-state index is 11.3. The Morgan fingerprint density at radius 3 is 2.35 bits per heavy atom. The van der Waals surface area contributed by atoms with Gasteiger partial charge in [0.15, 0.2) is 5.96 Å². The zero-order valence-corrected chi connectivity index (χ0v) is 19.3. The molecule has 2 N–H and O–H groups in total. The summed E-state index contributed by atoms with van der Waals surface area (Å²) in [6.45, 7) is 5.62. The Morgan fingerprint density at radius 1 is 1.00 bits per heavy atom. The smallest absolute Gasteiger partial charge is 0.195 e. The second kappa shape index (κ2) is 12.8. The van der Waals surface area contributed by atoms with Crippen molar-refractivity contribution in [2.24, 2.45) is 4.99 Å². The van der Waals surface area contributed by atoms with Crippen molar-refractivity contribution in [1.82, 2.24) is 5.32 Å². The second-order valence-corrected chi connectivity index (χ2v) is 9.73. The highest BCUT2D eigenvalue weighted by Gasteiger charge is 2.05. The Hall–Kier alpha value is -2.74. The van der Waals surface area contributed by atoms with Crippen LogP contribution in [0.4, 0.5) is 5.69 Å². The number of nitrogens with one attached hydrogen (secondary N) is 2. The second-order valence-electron chi connectivity index (χ2n) is 7.47. The Balaban J connectivity index is 1.88. The predicted molar refractivity (Wildman–Crippen MR) is 127 cm³/mol. The van der Waals surface area contributed by atoms with Gasteiger partial charge in [-0.05, 0) is 56.7 Å². The standard InChI is InChI=1S/C23H33N3O4S/c1-19(2)30-22-13-11-20(12-14-22)26-23(25-16-8-18-31(3,27)28)24-15-7-17-29-21-9-5-4-6-10-21/h4-6,9-14,19H,7-8,15-18H2,1-3H3,(H2,24,25,26). The number of ether oxygens (including phenoxy) is 2. The summed E-state index contributed by atoms with van der Waals surface area (Å²) in [7, 11) is -2.98. The van der Waals surface area contributed by atoms with Gasteiger partial charge in [0.2, 0.25) is 0 Å². The lowest BCUT2D eigenvalue weighted by atomic mass is 10.3. The van der Waals surface area contributed by atoms with E-state index in [-0.39, 0.29) is 11.9 Å². The highest BCUT2D eigenvalue weighted by molar-refractivity contribution is 7.90. The average molecular weight is 448 g/mol. The highest BCUT2D eigenvalue weighted by atomic mass is 32.2. The van der Waals surface area contributed by atoms with E-state index in [0.717, 1.165) is 23.6 Å². The van der Waals surface area contributed by atoms with E-state index < -0.39 is 9.84 Å². The molecule has 0 amide bonds. The van der Waals surface area contributed by atoms with Crippen LogP contribution in [0.1, 0.15) is 26.7 Å². The number of hydrogen-bond acceptors (Lipinski definition) is 5. The lowest BCUT2D eigenvalue weighted by Gasteiger charge is -2.14. The Morgan fingerprint density at radius 2 is 1.71 bits per heavy atom. The monoisotopic (exact) mass is 447 g/mol. The molecule has 7 nitrogen and oxygen atoms in total. The molecule has 31 heavy (non-hydrogen) atoms. The molecule has 0 heterocycles. The molecular formula is C23H33N3O4S. The first-order chi connectivity index (χ1) is 14.8. The number of nitrogens with zero attached hydrogens (tertiary/aromatic N) is 1. The number of para-hydroxylation sites is 1. The molecule has 0 aromatic heterocycles. The minimum Gasteiger partial charge on any atom is -0.494 e. The number of rotatable bonds is 12. The lowest BCUT2D eigenvalue weighted by Crippen LogP contribution is -2.32. The maximum absolute atomic E-state index is 11.3. The number of guanidine groups is 1. The fourth-order valence-corrected chi connectivity index (χ4v) is 3.34. The molecule has 0 unspecified atom stereocenters. The zero-order valence-electron chi connectivity index (χ0n) is 18.5. The van der Waals surface area contributed by atoms with E-state index in [1.165, 1.54) is 6.26 Å². The van der Waals surface area contributed by atoms with E-state index in [1.807, 2.05) is 68.4 Å². The lowest BCUT2D eigenvalue weighted by molar-refractivity contribution is 0.242. The van der Waals surface area contributed by atoms with Gasteiger partial charge in [-0.15, -0.1) is 0 Å². The Labute approximate surface area is 185 Å². The topological polar surface area (TPSA) is 89.0 Å². The number of aliphatic imine (C=N–C) groups is 1. The third kappa shape index (κ3) is 11.3. The summed E-state index contributed by atoms with van der Waals surface area (Å²) in [6.07, 6.45) is 2.63. The van der Waals surface area contributed by atoms with Gasteiger partial charge in [0, 0.05) is 31.5 Å². The molecule has 0 bridgehead atoms. The summed E-state index contributed by atoms with van der Waals surface area (Å²) in [6, 6.07) is 17.3.